The number of imidazole rings is 1. The predicted octanol–water partition coefficient (Wildman–Crippen LogP) is 4.81. The quantitative estimate of drug-likeness (QED) is 0.661. The molecule has 3 rings (SSSR count). The summed E-state index contributed by atoms with van der Waals surface area (Å²) < 4.78 is 2.87. The molecule has 1 aromatic heterocycles. The van der Waals surface area contributed by atoms with Crippen LogP contribution in [0.3, 0.4) is 0 Å². The van der Waals surface area contributed by atoms with Crippen molar-refractivity contribution in [1.82, 2.24) is 9.55 Å². The van der Waals surface area contributed by atoms with E-state index in [0.29, 0.717) is 5.92 Å². The molecule has 3 heteroatoms. The van der Waals surface area contributed by atoms with Gasteiger partial charge in [0.2, 0.25) is 0 Å². The molecular formula is C16H16N2S. The average molecular weight is 268 g/mol. The molecule has 2 aromatic carbocycles. The van der Waals surface area contributed by atoms with E-state index in [1.165, 1.54) is 16.5 Å². The van der Waals surface area contributed by atoms with Gasteiger partial charge in [-0.3, -0.25) is 4.57 Å². The summed E-state index contributed by atoms with van der Waals surface area (Å²) in [5.74, 6) is 0.430. The molecule has 0 bridgehead atoms. The van der Waals surface area contributed by atoms with Gasteiger partial charge in [-0.05, 0) is 41.0 Å². The Balaban J connectivity index is 2.24. The Morgan fingerprint density at radius 1 is 1.05 bits per heavy atom. The number of hydrogen-bond acceptors (Lipinski definition) is 1. The molecule has 0 atom stereocenters. The van der Waals surface area contributed by atoms with Crippen molar-refractivity contribution < 1.29 is 0 Å². The first kappa shape index (κ1) is 12.2. The number of rotatable bonds is 2. The zero-order valence-corrected chi connectivity index (χ0v) is 11.9. The maximum absolute atomic E-state index is 5.40. The lowest BCUT2D eigenvalue weighted by molar-refractivity contribution is 0.784. The number of aromatic amines is 1. The summed E-state index contributed by atoms with van der Waals surface area (Å²) in [6.07, 6.45) is 2.00. The molecule has 0 aliphatic carbocycles. The van der Waals surface area contributed by atoms with Gasteiger partial charge in [-0.25, -0.2) is 0 Å². The minimum Gasteiger partial charge on any atom is -0.337 e. The number of nitrogens with one attached hydrogen (secondary N) is 1. The Hall–Kier alpha value is -1.87. The number of aromatic nitrogens is 2. The summed E-state index contributed by atoms with van der Waals surface area (Å²) in [7, 11) is 0. The third-order valence-corrected chi connectivity index (χ3v) is 3.69. The Bertz CT molecular complexity index is 781. The summed E-state index contributed by atoms with van der Waals surface area (Å²) in [5.41, 5.74) is 2.33. The summed E-state index contributed by atoms with van der Waals surface area (Å²) in [6, 6.07) is 14.8. The first-order valence-electron chi connectivity index (χ1n) is 6.46. The van der Waals surface area contributed by atoms with Crippen LogP contribution in [-0.4, -0.2) is 9.55 Å². The van der Waals surface area contributed by atoms with Gasteiger partial charge in [-0.1, -0.05) is 44.2 Å². The Morgan fingerprint density at radius 3 is 2.53 bits per heavy atom. The first-order valence-corrected chi connectivity index (χ1v) is 6.87. The van der Waals surface area contributed by atoms with Crippen LogP contribution in [0.1, 0.15) is 25.5 Å². The fraction of sp³-hybridized carbons (Fsp3) is 0.188. The van der Waals surface area contributed by atoms with E-state index >= 15 is 0 Å². The second-order valence-electron chi connectivity index (χ2n) is 5.04. The predicted molar refractivity (Wildman–Crippen MR) is 82.5 cm³/mol. The van der Waals surface area contributed by atoms with Crippen LogP contribution in [0.25, 0.3) is 16.5 Å². The normalized spacial score (nSPS) is 11.3. The topological polar surface area (TPSA) is 20.7 Å². The molecule has 0 saturated carbocycles. The molecule has 0 saturated heterocycles. The lowest BCUT2D eigenvalue weighted by Gasteiger charge is -2.11. The fourth-order valence-electron chi connectivity index (χ4n) is 2.39. The molecule has 96 valence electrons. The van der Waals surface area contributed by atoms with E-state index in [1.807, 2.05) is 6.20 Å². The number of nitrogens with zero attached hydrogens (tertiary/aromatic N) is 1. The van der Waals surface area contributed by atoms with Crippen LogP contribution < -0.4 is 0 Å². The Kier molecular flexibility index (Phi) is 2.99. The highest BCUT2D eigenvalue weighted by Gasteiger charge is 2.09. The van der Waals surface area contributed by atoms with Crippen molar-refractivity contribution >= 4 is 23.0 Å². The highest BCUT2D eigenvalue weighted by Crippen LogP contribution is 2.23. The second-order valence-corrected chi connectivity index (χ2v) is 5.43. The number of H-pyrrole nitrogens is 1. The molecule has 1 heterocycles. The Labute approximate surface area is 117 Å². The van der Waals surface area contributed by atoms with Gasteiger partial charge < -0.3 is 4.98 Å². The van der Waals surface area contributed by atoms with Gasteiger partial charge >= 0.3 is 0 Å². The van der Waals surface area contributed by atoms with Crippen LogP contribution in [0.2, 0.25) is 0 Å². The zero-order chi connectivity index (χ0) is 13.4. The third-order valence-electron chi connectivity index (χ3n) is 3.39. The van der Waals surface area contributed by atoms with Crippen LogP contribution in [-0.2, 0) is 0 Å². The number of hydrogen-bond donors (Lipinski definition) is 1. The summed E-state index contributed by atoms with van der Waals surface area (Å²) in [5, 5.41) is 2.48. The van der Waals surface area contributed by atoms with Crippen molar-refractivity contribution in [3.05, 3.63) is 59.1 Å². The molecule has 0 aliphatic rings. The van der Waals surface area contributed by atoms with Crippen molar-refractivity contribution in [3.63, 3.8) is 0 Å². The lowest BCUT2D eigenvalue weighted by atomic mass is 10.1. The van der Waals surface area contributed by atoms with Gasteiger partial charge in [-0.15, -0.1) is 0 Å². The standard InChI is InChI=1S/C16H16N2S/c1-11(2)15-10-17-16(19)18(15)14-8-7-12-5-3-4-6-13(12)9-14/h3-11H,1-2H3,(H,17,19). The molecule has 0 radical (unpaired) electrons. The van der Waals surface area contributed by atoms with E-state index in [0.717, 1.165) is 10.5 Å². The van der Waals surface area contributed by atoms with E-state index in [-0.39, 0.29) is 0 Å². The van der Waals surface area contributed by atoms with E-state index < -0.39 is 0 Å². The first-order chi connectivity index (χ1) is 9.16. The minimum absolute atomic E-state index is 0.430. The molecule has 3 aromatic rings. The lowest BCUT2D eigenvalue weighted by Crippen LogP contribution is -2.01. The average Bonchev–Trinajstić information content (AvgIpc) is 2.80. The smallest absolute Gasteiger partial charge is 0.182 e. The zero-order valence-electron chi connectivity index (χ0n) is 11.1. The monoisotopic (exact) mass is 268 g/mol. The van der Waals surface area contributed by atoms with Gasteiger partial charge in [-0.2, -0.15) is 0 Å². The second kappa shape index (κ2) is 4.67. The molecular weight excluding hydrogens is 252 g/mol. The highest BCUT2D eigenvalue weighted by atomic mass is 32.1. The SMILES string of the molecule is CC(C)c1c[nH]c(=S)n1-c1ccc2ccccc2c1. The molecule has 0 unspecified atom stereocenters. The van der Waals surface area contributed by atoms with Gasteiger partial charge in [0.05, 0.1) is 0 Å². The summed E-state index contributed by atoms with van der Waals surface area (Å²) in [4.78, 5) is 3.14. The molecule has 0 amide bonds. The minimum atomic E-state index is 0.430. The molecule has 0 aliphatic heterocycles. The molecule has 0 spiro atoms. The summed E-state index contributed by atoms with van der Waals surface area (Å²) >= 11 is 5.40. The fourth-order valence-corrected chi connectivity index (χ4v) is 2.66. The van der Waals surface area contributed by atoms with Crippen LogP contribution in [0.4, 0.5) is 0 Å². The van der Waals surface area contributed by atoms with Crippen molar-refractivity contribution in [1.29, 1.82) is 0 Å². The molecule has 0 fully saturated rings. The molecule has 1 N–H and O–H groups in total. The summed E-state index contributed by atoms with van der Waals surface area (Å²) in [6.45, 7) is 4.35. The van der Waals surface area contributed by atoms with E-state index in [2.05, 4.69) is 65.9 Å². The maximum atomic E-state index is 5.40. The van der Waals surface area contributed by atoms with Crippen molar-refractivity contribution in [2.75, 3.05) is 0 Å². The van der Waals surface area contributed by atoms with Crippen molar-refractivity contribution in [3.8, 4) is 5.69 Å². The van der Waals surface area contributed by atoms with E-state index in [1.54, 1.807) is 0 Å². The van der Waals surface area contributed by atoms with Crippen LogP contribution in [0.5, 0.6) is 0 Å². The third kappa shape index (κ3) is 2.10. The number of benzene rings is 2. The van der Waals surface area contributed by atoms with Crippen LogP contribution in [0, 0.1) is 4.77 Å². The molecule has 2 nitrogen and oxygen atoms in total. The van der Waals surface area contributed by atoms with Gasteiger partial charge in [0.1, 0.15) is 0 Å². The van der Waals surface area contributed by atoms with Crippen LogP contribution in [0.15, 0.2) is 48.7 Å². The Morgan fingerprint density at radius 2 is 1.79 bits per heavy atom. The highest BCUT2D eigenvalue weighted by molar-refractivity contribution is 7.71. The van der Waals surface area contributed by atoms with Crippen molar-refractivity contribution in [2.45, 2.75) is 19.8 Å². The van der Waals surface area contributed by atoms with Crippen molar-refractivity contribution in [2.24, 2.45) is 0 Å². The number of fused-ring (bicyclic) bond motifs is 1. The maximum Gasteiger partial charge on any atom is 0.182 e. The van der Waals surface area contributed by atoms with E-state index in [9.17, 15) is 0 Å². The molecule has 19 heavy (non-hydrogen) atoms. The van der Waals surface area contributed by atoms with E-state index in [4.69, 9.17) is 12.2 Å². The van der Waals surface area contributed by atoms with Gasteiger partial charge in [0.25, 0.3) is 0 Å². The van der Waals surface area contributed by atoms with Crippen LogP contribution >= 0.6 is 12.2 Å². The largest absolute Gasteiger partial charge is 0.337 e. The van der Waals surface area contributed by atoms with Gasteiger partial charge in [0.15, 0.2) is 4.77 Å². The van der Waals surface area contributed by atoms with Gasteiger partial charge in [0, 0.05) is 17.6 Å².